The van der Waals surface area contributed by atoms with Gasteiger partial charge >= 0.3 is 0 Å². The van der Waals surface area contributed by atoms with Gasteiger partial charge in [0.05, 0.1) is 6.04 Å². The van der Waals surface area contributed by atoms with E-state index in [0.717, 1.165) is 27.9 Å². The Labute approximate surface area is 196 Å². The third-order valence-corrected chi connectivity index (χ3v) is 5.89. The molecule has 0 heterocycles. The van der Waals surface area contributed by atoms with Crippen LogP contribution in [0.5, 0.6) is 0 Å². The van der Waals surface area contributed by atoms with Crippen LogP contribution in [-0.4, -0.2) is 24.4 Å². The molecule has 0 saturated carbocycles. The maximum atomic E-state index is 13.9. The predicted molar refractivity (Wildman–Crippen MR) is 134 cm³/mol. The molecule has 2 unspecified atom stereocenters. The van der Waals surface area contributed by atoms with Gasteiger partial charge in [-0.05, 0) is 68.5 Å². The maximum Gasteiger partial charge on any atom is 0.254 e. The van der Waals surface area contributed by atoms with Gasteiger partial charge in [-0.3, -0.25) is 9.59 Å². The highest BCUT2D eigenvalue weighted by atomic mass is 16.2. The Morgan fingerprint density at radius 2 is 1.58 bits per heavy atom. The smallest absolute Gasteiger partial charge is 0.254 e. The monoisotopic (exact) mass is 443 g/mol. The lowest BCUT2D eigenvalue weighted by molar-refractivity contribution is -0.128. The lowest BCUT2D eigenvalue weighted by Crippen LogP contribution is -2.47. The molecule has 5 heteroatoms. The molecule has 33 heavy (non-hydrogen) atoms. The Balaban J connectivity index is 1.97. The fourth-order valence-electron chi connectivity index (χ4n) is 3.62. The van der Waals surface area contributed by atoms with Crippen LogP contribution in [-0.2, 0) is 16.0 Å². The number of rotatable bonds is 8. The molecular formula is C28H33N3O2. The van der Waals surface area contributed by atoms with Crippen molar-refractivity contribution in [3.8, 4) is 0 Å². The Kier molecular flexibility index (Phi) is 8.01. The Hall–Kier alpha value is -3.44. The van der Waals surface area contributed by atoms with E-state index in [2.05, 4.69) is 36.5 Å². The van der Waals surface area contributed by atoms with Crippen molar-refractivity contribution in [1.29, 1.82) is 0 Å². The van der Waals surface area contributed by atoms with Crippen LogP contribution in [0.3, 0.4) is 0 Å². The SMILES string of the molecule is Cc1ccc(CCN(C(=O)C(NC(=O)C(C)N)c2ccccc2)c2ccc(C)c(C)c2)cc1. The second kappa shape index (κ2) is 10.9. The lowest BCUT2D eigenvalue weighted by Gasteiger charge is -2.29. The van der Waals surface area contributed by atoms with Crippen LogP contribution in [0.2, 0.25) is 0 Å². The number of nitrogens with zero attached hydrogens (tertiary/aromatic N) is 1. The van der Waals surface area contributed by atoms with Crippen LogP contribution in [0.4, 0.5) is 5.69 Å². The molecule has 3 rings (SSSR count). The number of anilines is 1. The Morgan fingerprint density at radius 3 is 2.18 bits per heavy atom. The molecule has 0 aromatic heterocycles. The van der Waals surface area contributed by atoms with Crippen LogP contribution in [0.15, 0.2) is 72.8 Å². The zero-order valence-electron chi connectivity index (χ0n) is 19.8. The Bertz CT molecular complexity index is 1090. The number of benzene rings is 3. The second-order valence-electron chi connectivity index (χ2n) is 8.63. The van der Waals surface area contributed by atoms with E-state index in [9.17, 15) is 9.59 Å². The number of nitrogens with two attached hydrogens (primary N) is 1. The minimum atomic E-state index is -0.829. The van der Waals surface area contributed by atoms with Crippen molar-refractivity contribution in [2.45, 2.75) is 46.2 Å². The highest BCUT2D eigenvalue weighted by molar-refractivity contribution is 6.00. The number of hydrogen-bond donors (Lipinski definition) is 2. The number of amides is 2. The van der Waals surface area contributed by atoms with Gasteiger partial charge < -0.3 is 16.0 Å². The van der Waals surface area contributed by atoms with Crippen molar-refractivity contribution in [3.05, 3.63) is 101 Å². The maximum absolute atomic E-state index is 13.9. The van der Waals surface area contributed by atoms with Crippen molar-refractivity contribution in [1.82, 2.24) is 5.32 Å². The van der Waals surface area contributed by atoms with E-state index >= 15 is 0 Å². The van der Waals surface area contributed by atoms with Crippen LogP contribution < -0.4 is 16.0 Å². The van der Waals surface area contributed by atoms with Crippen molar-refractivity contribution < 1.29 is 9.59 Å². The highest BCUT2D eigenvalue weighted by Crippen LogP contribution is 2.24. The molecule has 3 aromatic rings. The molecule has 172 valence electrons. The summed E-state index contributed by atoms with van der Waals surface area (Å²) in [7, 11) is 0. The van der Waals surface area contributed by atoms with E-state index in [1.807, 2.05) is 62.4 Å². The van der Waals surface area contributed by atoms with E-state index in [1.54, 1.807) is 11.8 Å². The summed E-state index contributed by atoms with van der Waals surface area (Å²) >= 11 is 0. The van der Waals surface area contributed by atoms with Crippen LogP contribution in [0, 0.1) is 20.8 Å². The minimum absolute atomic E-state index is 0.189. The van der Waals surface area contributed by atoms with Gasteiger partial charge in [0.15, 0.2) is 0 Å². The number of aryl methyl sites for hydroxylation is 3. The normalized spacial score (nSPS) is 12.6. The summed E-state index contributed by atoms with van der Waals surface area (Å²) in [5.41, 5.74) is 11.9. The van der Waals surface area contributed by atoms with E-state index in [4.69, 9.17) is 5.73 Å². The third-order valence-electron chi connectivity index (χ3n) is 5.89. The topological polar surface area (TPSA) is 75.4 Å². The molecule has 2 amide bonds. The third kappa shape index (κ3) is 6.30. The predicted octanol–water partition coefficient (Wildman–Crippen LogP) is 4.39. The van der Waals surface area contributed by atoms with E-state index in [1.165, 1.54) is 5.56 Å². The molecule has 0 saturated heterocycles. The van der Waals surface area contributed by atoms with E-state index < -0.39 is 12.1 Å². The van der Waals surface area contributed by atoms with Gasteiger partial charge in [0, 0.05) is 12.2 Å². The fourth-order valence-corrected chi connectivity index (χ4v) is 3.62. The first-order valence-electron chi connectivity index (χ1n) is 11.3. The summed E-state index contributed by atoms with van der Waals surface area (Å²) < 4.78 is 0. The van der Waals surface area contributed by atoms with Crippen LogP contribution in [0.1, 0.15) is 40.8 Å². The summed E-state index contributed by atoms with van der Waals surface area (Å²) in [5.74, 6) is -0.554. The molecular weight excluding hydrogens is 410 g/mol. The molecule has 3 aromatic carbocycles. The largest absolute Gasteiger partial charge is 0.339 e. The van der Waals surface area contributed by atoms with Gasteiger partial charge in [0.1, 0.15) is 6.04 Å². The first kappa shape index (κ1) is 24.2. The van der Waals surface area contributed by atoms with Crippen molar-refractivity contribution >= 4 is 17.5 Å². The fraction of sp³-hybridized carbons (Fsp3) is 0.286. The zero-order chi connectivity index (χ0) is 24.0. The quantitative estimate of drug-likeness (QED) is 0.542. The number of carbonyl (C=O) groups is 2. The summed E-state index contributed by atoms with van der Waals surface area (Å²) in [5, 5.41) is 2.86. The molecule has 0 radical (unpaired) electrons. The molecule has 0 aliphatic rings. The highest BCUT2D eigenvalue weighted by Gasteiger charge is 2.29. The molecule has 5 nitrogen and oxygen atoms in total. The minimum Gasteiger partial charge on any atom is -0.339 e. The summed E-state index contributed by atoms with van der Waals surface area (Å²) in [6, 6.07) is 22.1. The first-order chi connectivity index (χ1) is 15.8. The number of hydrogen-bond acceptors (Lipinski definition) is 3. The average molecular weight is 444 g/mol. The first-order valence-corrected chi connectivity index (χ1v) is 11.3. The average Bonchev–Trinajstić information content (AvgIpc) is 2.81. The van der Waals surface area contributed by atoms with Crippen LogP contribution in [0.25, 0.3) is 0 Å². The molecule has 0 spiro atoms. The van der Waals surface area contributed by atoms with Gasteiger partial charge in [-0.15, -0.1) is 0 Å². The molecule has 0 aliphatic heterocycles. The van der Waals surface area contributed by atoms with Crippen molar-refractivity contribution in [2.24, 2.45) is 5.73 Å². The van der Waals surface area contributed by atoms with Gasteiger partial charge in [-0.1, -0.05) is 66.2 Å². The van der Waals surface area contributed by atoms with Gasteiger partial charge in [-0.2, -0.15) is 0 Å². The second-order valence-corrected chi connectivity index (χ2v) is 8.63. The lowest BCUT2D eigenvalue weighted by atomic mass is 10.0. The molecule has 0 fully saturated rings. The summed E-state index contributed by atoms with van der Waals surface area (Å²) in [6.45, 7) is 8.24. The molecule has 2 atom stereocenters. The van der Waals surface area contributed by atoms with Gasteiger partial charge in [0.2, 0.25) is 5.91 Å². The summed E-state index contributed by atoms with van der Waals surface area (Å²) in [4.78, 5) is 28.2. The van der Waals surface area contributed by atoms with Gasteiger partial charge in [0.25, 0.3) is 5.91 Å². The number of nitrogens with one attached hydrogen (secondary N) is 1. The molecule has 3 N–H and O–H groups in total. The van der Waals surface area contributed by atoms with Crippen molar-refractivity contribution in [3.63, 3.8) is 0 Å². The van der Waals surface area contributed by atoms with E-state index in [0.29, 0.717) is 13.0 Å². The molecule has 0 aliphatic carbocycles. The van der Waals surface area contributed by atoms with Gasteiger partial charge in [-0.25, -0.2) is 0 Å². The number of carbonyl (C=O) groups excluding carboxylic acids is 2. The standard InChI is InChI=1S/C28H33N3O2/c1-19-10-13-23(14-11-19)16-17-31(25-15-12-20(2)21(3)18-25)28(33)26(30-27(32)22(4)29)24-8-6-5-7-9-24/h5-15,18,22,26H,16-17,29H2,1-4H3,(H,30,32). The van der Waals surface area contributed by atoms with Crippen molar-refractivity contribution in [2.75, 3.05) is 11.4 Å². The molecule has 0 bridgehead atoms. The Morgan fingerprint density at radius 1 is 0.909 bits per heavy atom. The van der Waals surface area contributed by atoms with E-state index in [-0.39, 0.29) is 11.8 Å². The summed E-state index contributed by atoms with van der Waals surface area (Å²) in [6.07, 6.45) is 0.696. The zero-order valence-corrected chi connectivity index (χ0v) is 19.8. The van der Waals surface area contributed by atoms with Crippen LogP contribution >= 0.6 is 0 Å².